The van der Waals surface area contributed by atoms with Crippen LogP contribution in [0, 0.1) is 11.3 Å². The first-order chi connectivity index (χ1) is 18.6. The molecular formula is C30H34N4O4S. The highest BCUT2D eigenvalue weighted by molar-refractivity contribution is 7.89. The lowest BCUT2D eigenvalue weighted by Gasteiger charge is -2.40. The Kier molecular flexibility index (Phi) is 8.40. The number of carbonyl (C=O) groups is 1. The minimum absolute atomic E-state index is 0.171. The Morgan fingerprint density at radius 3 is 2.31 bits per heavy atom. The molecule has 4 rings (SSSR count). The summed E-state index contributed by atoms with van der Waals surface area (Å²) in [5, 5.41) is 13.2. The van der Waals surface area contributed by atoms with Crippen LogP contribution in [0.2, 0.25) is 0 Å². The SMILES string of the molecule is CNS(=O)(=O)c1cccc(-c2ccc(C(=O)Nc3ccc(OC)c(C4(C#N)CCN(C(C)C)CC4)c3)cc2)c1. The number of anilines is 1. The number of amides is 1. The zero-order valence-electron chi connectivity index (χ0n) is 22.7. The van der Waals surface area contributed by atoms with Crippen molar-refractivity contribution in [2.75, 3.05) is 32.6 Å². The van der Waals surface area contributed by atoms with Crippen LogP contribution in [-0.2, 0) is 15.4 Å². The maximum absolute atomic E-state index is 13.1. The van der Waals surface area contributed by atoms with Gasteiger partial charge in [-0.15, -0.1) is 0 Å². The van der Waals surface area contributed by atoms with E-state index < -0.39 is 15.4 Å². The number of hydrogen-bond acceptors (Lipinski definition) is 6. The van der Waals surface area contributed by atoms with Crippen LogP contribution >= 0.6 is 0 Å². The molecule has 1 aliphatic heterocycles. The van der Waals surface area contributed by atoms with Crippen molar-refractivity contribution in [1.29, 1.82) is 5.26 Å². The summed E-state index contributed by atoms with van der Waals surface area (Å²) in [5.41, 5.74) is 2.66. The largest absolute Gasteiger partial charge is 0.496 e. The molecule has 3 aromatic rings. The molecule has 0 unspecified atom stereocenters. The van der Waals surface area contributed by atoms with Crippen molar-refractivity contribution in [3.8, 4) is 22.9 Å². The average molecular weight is 547 g/mol. The summed E-state index contributed by atoms with van der Waals surface area (Å²) in [6.07, 6.45) is 1.38. The number of benzene rings is 3. The highest BCUT2D eigenvalue weighted by Gasteiger charge is 2.39. The van der Waals surface area contributed by atoms with E-state index in [1.807, 2.05) is 12.1 Å². The Bertz CT molecular complexity index is 1490. The molecule has 39 heavy (non-hydrogen) atoms. The third-order valence-electron chi connectivity index (χ3n) is 7.46. The van der Waals surface area contributed by atoms with E-state index in [1.54, 1.807) is 55.6 Å². The van der Waals surface area contributed by atoms with Gasteiger partial charge in [0.15, 0.2) is 0 Å². The molecule has 2 N–H and O–H groups in total. The van der Waals surface area contributed by atoms with Gasteiger partial charge in [-0.2, -0.15) is 5.26 Å². The molecule has 0 aliphatic carbocycles. The third kappa shape index (κ3) is 5.98. The van der Waals surface area contributed by atoms with E-state index >= 15 is 0 Å². The molecule has 1 fully saturated rings. The first-order valence-electron chi connectivity index (χ1n) is 12.9. The second-order valence-electron chi connectivity index (χ2n) is 10.0. The van der Waals surface area contributed by atoms with Crippen LogP contribution in [0.1, 0.15) is 42.6 Å². The van der Waals surface area contributed by atoms with Gasteiger partial charge >= 0.3 is 0 Å². The van der Waals surface area contributed by atoms with Crippen molar-refractivity contribution < 1.29 is 17.9 Å². The molecule has 204 valence electrons. The smallest absolute Gasteiger partial charge is 0.255 e. The predicted molar refractivity (Wildman–Crippen MR) is 152 cm³/mol. The van der Waals surface area contributed by atoms with Crippen molar-refractivity contribution in [3.05, 3.63) is 77.9 Å². The van der Waals surface area contributed by atoms with Crippen LogP contribution in [-0.4, -0.2) is 52.5 Å². The Hall–Kier alpha value is -3.71. The average Bonchev–Trinajstić information content (AvgIpc) is 2.97. The van der Waals surface area contributed by atoms with E-state index in [1.165, 1.54) is 13.1 Å². The van der Waals surface area contributed by atoms with E-state index in [4.69, 9.17) is 4.74 Å². The fourth-order valence-corrected chi connectivity index (χ4v) is 5.78. The van der Waals surface area contributed by atoms with Gasteiger partial charge in [-0.05, 0) is 87.3 Å². The summed E-state index contributed by atoms with van der Waals surface area (Å²) in [6.45, 7) is 5.96. The van der Waals surface area contributed by atoms with E-state index in [0.29, 0.717) is 35.9 Å². The molecule has 1 heterocycles. The van der Waals surface area contributed by atoms with Gasteiger partial charge in [0.2, 0.25) is 10.0 Å². The number of rotatable bonds is 8. The molecule has 1 aliphatic rings. The minimum Gasteiger partial charge on any atom is -0.496 e. The molecule has 9 heteroatoms. The standard InChI is InChI=1S/C30H34N4O4S/c1-21(2)34-16-14-30(20-31,15-17-34)27-19-25(12-13-28(27)38-4)33-29(35)23-10-8-22(9-11-23)24-6-5-7-26(18-24)39(36,37)32-3/h5-13,18-19,21,32H,14-17H2,1-4H3,(H,33,35). The first-order valence-corrected chi connectivity index (χ1v) is 14.4. The molecule has 1 saturated heterocycles. The highest BCUT2D eigenvalue weighted by atomic mass is 32.2. The maximum atomic E-state index is 13.1. The molecule has 8 nitrogen and oxygen atoms in total. The third-order valence-corrected chi connectivity index (χ3v) is 8.87. The monoisotopic (exact) mass is 546 g/mol. The van der Waals surface area contributed by atoms with Gasteiger partial charge in [0.1, 0.15) is 5.75 Å². The molecule has 0 bridgehead atoms. The van der Waals surface area contributed by atoms with Crippen LogP contribution in [0.3, 0.4) is 0 Å². The fourth-order valence-electron chi connectivity index (χ4n) is 5.00. The topological polar surface area (TPSA) is 112 Å². The number of methoxy groups -OCH3 is 1. The number of piperidine rings is 1. The molecular weight excluding hydrogens is 512 g/mol. The van der Waals surface area contributed by atoms with Crippen LogP contribution in [0.25, 0.3) is 11.1 Å². The molecule has 0 atom stereocenters. The van der Waals surface area contributed by atoms with E-state index in [9.17, 15) is 18.5 Å². The van der Waals surface area contributed by atoms with Gasteiger partial charge in [0.25, 0.3) is 5.91 Å². The Balaban J connectivity index is 1.54. The van der Waals surface area contributed by atoms with Gasteiger partial charge in [0, 0.05) is 35.9 Å². The van der Waals surface area contributed by atoms with E-state index in [0.717, 1.165) is 29.8 Å². The van der Waals surface area contributed by atoms with Gasteiger partial charge in [-0.3, -0.25) is 4.79 Å². The van der Waals surface area contributed by atoms with Crippen molar-refractivity contribution in [1.82, 2.24) is 9.62 Å². The second-order valence-corrected chi connectivity index (χ2v) is 11.9. The van der Waals surface area contributed by atoms with E-state index in [-0.39, 0.29) is 10.8 Å². The minimum atomic E-state index is -3.56. The maximum Gasteiger partial charge on any atom is 0.255 e. The second kappa shape index (κ2) is 11.6. The van der Waals surface area contributed by atoms with Gasteiger partial charge < -0.3 is 15.0 Å². The number of nitriles is 1. The normalized spacial score (nSPS) is 15.5. The molecule has 1 amide bonds. The lowest BCUT2D eigenvalue weighted by molar-refractivity contribution is 0.102. The molecule has 0 radical (unpaired) electrons. The van der Waals surface area contributed by atoms with Crippen LogP contribution in [0.4, 0.5) is 5.69 Å². The van der Waals surface area contributed by atoms with Crippen LogP contribution < -0.4 is 14.8 Å². The first kappa shape index (κ1) is 28.3. The summed E-state index contributed by atoms with van der Waals surface area (Å²) in [6, 6.07) is 22.0. The lowest BCUT2D eigenvalue weighted by atomic mass is 9.73. The van der Waals surface area contributed by atoms with Crippen molar-refractivity contribution in [3.63, 3.8) is 0 Å². The van der Waals surface area contributed by atoms with Crippen LogP contribution in [0.15, 0.2) is 71.6 Å². The number of likely N-dealkylation sites (tertiary alicyclic amines) is 1. The number of hydrogen-bond donors (Lipinski definition) is 2. The number of sulfonamides is 1. The number of nitrogens with zero attached hydrogens (tertiary/aromatic N) is 2. The lowest BCUT2D eigenvalue weighted by Crippen LogP contribution is -2.44. The van der Waals surface area contributed by atoms with Crippen molar-refractivity contribution >= 4 is 21.6 Å². The van der Waals surface area contributed by atoms with Gasteiger partial charge in [0.05, 0.1) is 23.5 Å². The molecule has 0 aromatic heterocycles. The number of nitrogens with one attached hydrogen (secondary N) is 2. The van der Waals surface area contributed by atoms with E-state index in [2.05, 4.69) is 34.9 Å². The quantitative estimate of drug-likeness (QED) is 0.420. The summed E-state index contributed by atoms with van der Waals surface area (Å²) in [4.78, 5) is 15.6. The molecule has 3 aromatic carbocycles. The summed E-state index contributed by atoms with van der Waals surface area (Å²) in [5.74, 6) is 0.351. The summed E-state index contributed by atoms with van der Waals surface area (Å²) < 4.78 is 32.2. The fraction of sp³-hybridized carbons (Fsp3) is 0.333. The van der Waals surface area contributed by atoms with Crippen molar-refractivity contribution in [2.24, 2.45) is 0 Å². The molecule has 0 spiro atoms. The Morgan fingerprint density at radius 1 is 1.03 bits per heavy atom. The summed E-state index contributed by atoms with van der Waals surface area (Å²) >= 11 is 0. The summed E-state index contributed by atoms with van der Waals surface area (Å²) in [7, 11) is -0.595. The zero-order valence-corrected chi connectivity index (χ0v) is 23.5. The molecule has 0 saturated carbocycles. The predicted octanol–water partition coefficient (Wildman–Crippen LogP) is 4.79. The number of ether oxygens (including phenoxy) is 1. The Labute approximate surface area is 230 Å². The Morgan fingerprint density at radius 2 is 1.72 bits per heavy atom. The number of carbonyl (C=O) groups excluding carboxylic acids is 1. The van der Waals surface area contributed by atoms with Crippen molar-refractivity contribution in [2.45, 2.75) is 43.0 Å². The van der Waals surface area contributed by atoms with Gasteiger partial charge in [-0.1, -0.05) is 24.3 Å². The van der Waals surface area contributed by atoms with Crippen LogP contribution in [0.5, 0.6) is 5.75 Å². The zero-order chi connectivity index (χ0) is 28.2. The van der Waals surface area contributed by atoms with Gasteiger partial charge in [-0.25, -0.2) is 13.1 Å². The highest BCUT2D eigenvalue weighted by Crippen LogP contribution is 2.41.